The van der Waals surface area contributed by atoms with Crippen LogP contribution < -0.4 is 4.90 Å². The molecule has 0 N–H and O–H groups in total. The van der Waals surface area contributed by atoms with E-state index >= 15 is 0 Å². The Bertz CT molecular complexity index is 1320. The molecule has 3 heterocycles. The molecule has 0 atom stereocenters. The summed E-state index contributed by atoms with van der Waals surface area (Å²) in [5, 5.41) is 15.8. The van der Waals surface area contributed by atoms with Crippen molar-refractivity contribution in [1.29, 1.82) is 0 Å². The molecule has 1 saturated heterocycles. The second kappa shape index (κ2) is 8.85. The van der Waals surface area contributed by atoms with Crippen LogP contribution in [0.5, 0.6) is 0 Å². The van der Waals surface area contributed by atoms with Gasteiger partial charge in [-0.3, -0.25) is 4.79 Å². The van der Waals surface area contributed by atoms with Crippen molar-refractivity contribution < 1.29 is 18.0 Å². The normalized spacial score (nSPS) is 14.4. The molecule has 0 spiro atoms. The summed E-state index contributed by atoms with van der Waals surface area (Å²) in [6.45, 7) is 3.00. The maximum absolute atomic E-state index is 14.0. The van der Waals surface area contributed by atoms with Crippen molar-refractivity contribution in [3.63, 3.8) is 0 Å². The molecular formula is C23H21F3N8O. The largest absolute Gasteiger partial charge is 0.434 e. The molecule has 0 aliphatic carbocycles. The molecule has 0 radical (unpaired) electrons. The summed E-state index contributed by atoms with van der Waals surface area (Å²) < 4.78 is 44.4. The summed E-state index contributed by atoms with van der Waals surface area (Å²) in [6, 6.07) is 15.8. The van der Waals surface area contributed by atoms with Crippen molar-refractivity contribution in [2.24, 2.45) is 0 Å². The minimum atomic E-state index is -4.76. The number of halogens is 3. The molecule has 180 valence electrons. The Morgan fingerprint density at radius 1 is 0.886 bits per heavy atom. The number of anilines is 1. The number of hydrogen-bond acceptors (Lipinski definition) is 6. The van der Waals surface area contributed by atoms with Crippen LogP contribution in [0, 0.1) is 6.92 Å². The third-order valence-electron chi connectivity index (χ3n) is 5.85. The number of tetrazole rings is 1. The second-order valence-corrected chi connectivity index (χ2v) is 8.16. The van der Waals surface area contributed by atoms with E-state index in [0.717, 1.165) is 22.1 Å². The lowest BCUT2D eigenvalue weighted by molar-refractivity contribution is -0.143. The molecule has 2 aromatic heterocycles. The monoisotopic (exact) mass is 482 g/mol. The highest BCUT2D eigenvalue weighted by Crippen LogP contribution is 2.34. The minimum absolute atomic E-state index is 0.216. The van der Waals surface area contributed by atoms with Gasteiger partial charge in [-0.25, -0.2) is 4.68 Å². The van der Waals surface area contributed by atoms with E-state index in [1.807, 2.05) is 42.2 Å². The molecule has 0 saturated carbocycles. The fourth-order valence-corrected chi connectivity index (χ4v) is 4.06. The molecule has 2 aromatic carbocycles. The average Bonchev–Trinajstić information content (AvgIpc) is 3.53. The van der Waals surface area contributed by atoms with E-state index in [9.17, 15) is 18.0 Å². The Labute approximate surface area is 198 Å². The van der Waals surface area contributed by atoms with Crippen molar-refractivity contribution in [3.8, 4) is 11.4 Å². The topological polar surface area (TPSA) is 85.0 Å². The molecule has 9 nitrogen and oxygen atoms in total. The zero-order valence-corrected chi connectivity index (χ0v) is 18.7. The zero-order chi connectivity index (χ0) is 24.6. The highest BCUT2D eigenvalue weighted by Gasteiger charge is 2.42. The van der Waals surface area contributed by atoms with E-state index in [4.69, 9.17) is 0 Å². The van der Waals surface area contributed by atoms with Crippen LogP contribution in [0.3, 0.4) is 0 Å². The standard InChI is InChI=1S/C23H21F3N8O/c1-16-7-9-18(10-8-16)33-20(23(24,25)26)19(15-27-33)21(35)31-11-13-32(14-12-31)22-28-29-30-34(22)17-5-3-2-4-6-17/h2-10,15H,11-14H2,1H3. The Hall–Kier alpha value is -4.22. The summed E-state index contributed by atoms with van der Waals surface area (Å²) >= 11 is 0. The summed E-state index contributed by atoms with van der Waals surface area (Å²) in [7, 11) is 0. The van der Waals surface area contributed by atoms with Crippen LogP contribution in [0.1, 0.15) is 21.6 Å². The van der Waals surface area contributed by atoms with E-state index in [1.165, 1.54) is 4.90 Å². The van der Waals surface area contributed by atoms with Crippen molar-refractivity contribution in [3.05, 3.63) is 77.6 Å². The van der Waals surface area contributed by atoms with Crippen LogP contribution in [0.2, 0.25) is 0 Å². The van der Waals surface area contributed by atoms with Gasteiger partial charge in [-0.05, 0) is 41.6 Å². The molecule has 5 rings (SSSR count). The van der Waals surface area contributed by atoms with Crippen LogP contribution in [0.25, 0.3) is 11.4 Å². The fourth-order valence-electron chi connectivity index (χ4n) is 4.06. The summed E-state index contributed by atoms with van der Waals surface area (Å²) in [5.74, 6) is -0.204. The van der Waals surface area contributed by atoms with Gasteiger partial charge in [0.1, 0.15) is 0 Å². The van der Waals surface area contributed by atoms with Crippen molar-refractivity contribution >= 4 is 11.9 Å². The number of carbonyl (C=O) groups is 1. The van der Waals surface area contributed by atoms with Crippen LogP contribution in [0.4, 0.5) is 19.1 Å². The van der Waals surface area contributed by atoms with E-state index in [1.54, 1.807) is 28.9 Å². The lowest BCUT2D eigenvalue weighted by Crippen LogP contribution is -2.49. The molecule has 0 bridgehead atoms. The SMILES string of the molecule is Cc1ccc(-n2ncc(C(=O)N3CCN(c4nnnn4-c4ccccc4)CC3)c2C(F)(F)F)cc1. The van der Waals surface area contributed by atoms with Crippen molar-refractivity contribution in [2.75, 3.05) is 31.1 Å². The maximum atomic E-state index is 14.0. The first-order valence-corrected chi connectivity index (χ1v) is 10.9. The van der Waals surface area contributed by atoms with Crippen LogP contribution in [-0.2, 0) is 6.18 Å². The number of rotatable bonds is 4. The smallest absolute Gasteiger partial charge is 0.336 e. The molecule has 1 amide bonds. The number of carbonyl (C=O) groups excluding carboxylic acids is 1. The first-order chi connectivity index (χ1) is 16.8. The Kier molecular flexibility index (Phi) is 5.71. The molecular weight excluding hydrogens is 461 g/mol. The molecule has 1 aliphatic heterocycles. The first-order valence-electron chi connectivity index (χ1n) is 10.9. The van der Waals surface area contributed by atoms with E-state index in [-0.39, 0.29) is 18.8 Å². The van der Waals surface area contributed by atoms with E-state index in [2.05, 4.69) is 20.6 Å². The lowest BCUT2D eigenvalue weighted by Gasteiger charge is -2.34. The highest BCUT2D eigenvalue weighted by molar-refractivity contribution is 5.95. The Morgan fingerprint density at radius 2 is 1.54 bits per heavy atom. The van der Waals surface area contributed by atoms with Gasteiger partial charge in [0.05, 0.1) is 23.1 Å². The number of nitrogens with zero attached hydrogens (tertiary/aromatic N) is 8. The first kappa shape index (κ1) is 22.6. The second-order valence-electron chi connectivity index (χ2n) is 8.16. The number of aromatic nitrogens is 6. The molecule has 1 aliphatic rings. The quantitative estimate of drug-likeness (QED) is 0.444. The van der Waals surface area contributed by atoms with Gasteiger partial charge in [-0.1, -0.05) is 41.0 Å². The lowest BCUT2D eigenvalue weighted by atomic mass is 10.1. The van der Waals surface area contributed by atoms with Gasteiger partial charge in [0.15, 0.2) is 5.69 Å². The Morgan fingerprint density at radius 3 is 2.20 bits per heavy atom. The van der Waals surface area contributed by atoms with Gasteiger partial charge in [0.25, 0.3) is 5.91 Å². The number of alkyl halides is 3. The third kappa shape index (κ3) is 4.34. The molecule has 4 aromatic rings. The molecule has 1 fully saturated rings. The maximum Gasteiger partial charge on any atom is 0.434 e. The number of piperazine rings is 1. The van der Waals surface area contributed by atoms with E-state index in [0.29, 0.717) is 19.0 Å². The molecule has 12 heteroatoms. The van der Waals surface area contributed by atoms with Gasteiger partial charge >= 0.3 is 6.18 Å². The number of hydrogen-bond donors (Lipinski definition) is 0. The number of amides is 1. The highest BCUT2D eigenvalue weighted by atomic mass is 19.4. The summed E-state index contributed by atoms with van der Waals surface area (Å²) in [4.78, 5) is 16.5. The van der Waals surface area contributed by atoms with Crippen LogP contribution in [-0.4, -0.2) is 67.0 Å². The van der Waals surface area contributed by atoms with Gasteiger partial charge in [0, 0.05) is 26.2 Å². The van der Waals surface area contributed by atoms with Gasteiger partial charge in [-0.2, -0.15) is 23.0 Å². The van der Waals surface area contributed by atoms with Crippen LogP contribution in [0.15, 0.2) is 60.8 Å². The summed E-state index contributed by atoms with van der Waals surface area (Å²) in [6.07, 6.45) is -3.76. The Balaban J connectivity index is 1.36. The zero-order valence-electron chi connectivity index (χ0n) is 18.7. The molecule has 0 unspecified atom stereocenters. The predicted molar refractivity (Wildman–Crippen MR) is 121 cm³/mol. The molecule has 35 heavy (non-hydrogen) atoms. The van der Waals surface area contributed by atoms with Crippen molar-refractivity contribution in [2.45, 2.75) is 13.1 Å². The number of para-hydroxylation sites is 1. The number of aryl methyl sites for hydroxylation is 1. The third-order valence-corrected chi connectivity index (χ3v) is 5.85. The summed E-state index contributed by atoms with van der Waals surface area (Å²) in [5.41, 5.74) is 0.369. The predicted octanol–water partition coefficient (Wildman–Crippen LogP) is 3.14. The van der Waals surface area contributed by atoms with Crippen molar-refractivity contribution in [1.82, 2.24) is 34.9 Å². The van der Waals surface area contributed by atoms with Gasteiger partial charge in [0.2, 0.25) is 5.95 Å². The van der Waals surface area contributed by atoms with Gasteiger partial charge < -0.3 is 9.80 Å². The average molecular weight is 482 g/mol. The fraction of sp³-hybridized carbons (Fsp3) is 0.261. The number of benzene rings is 2. The van der Waals surface area contributed by atoms with E-state index < -0.39 is 23.3 Å². The van der Waals surface area contributed by atoms with Crippen LogP contribution >= 0.6 is 0 Å². The van der Waals surface area contributed by atoms with Gasteiger partial charge in [-0.15, -0.1) is 0 Å². The minimum Gasteiger partial charge on any atom is -0.336 e.